The van der Waals surface area contributed by atoms with Gasteiger partial charge in [0, 0.05) is 12.8 Å². The average molecular weight is 671 g/mol. The number of carbonyl (C=O) groups excluding carboxylic acids is 1. The SMILES string of the molecule is CCCCC/C=C\C/C=C\C/C=C\C/C=C\CCCC(=O)OC(CCCCCCCC)CCCCCCCCCCCCCCC(=O)O. The summed E-state index contributed by atoms with van der Waals surface area (Å²) in [6.07, 6.45) is 52.9. The first-order chi connectivity index (χ1) is 23.6. The van der Waals surface area contributed by atoms with Crippen molar-refractivity contribution in [3.8, 4) is 0 Å². The van der Waals surface area contributed by atoms with Crippen LogP contribution >= 0.6 is 0 Å². The molecule has 0 aromatic heterocycles. The van der Waals surface area contributed by atoms with E-state index in [2.05, 4.69) is 62.5 Å². The highest BCUT2D eigenvalue weighted by Crippen LogP contribution is 2.19. The van der Waals surface area contributed by atoms with Crippen LogP contribution in [-0.4, -0.2) is 23.1 Å². The molecule has 0 rings (SSSR count). The molecule has 48 heavy (non-hydrogen) atoms. The Hall–Kier alpha value is -2.10. The third-order valence-corrected chi connectivity index (χ3v) is 9.05. The Labute approximate surface area is 298 Å². The van der Waals surface area contributed by atoms with Crippen LogP contribution < -0.4 is 0 Å². The molecule has 1 unspecified atom stereocenters. The topological polar surface area (TPSA) is 63.6 Å². The zero-order chi connectivity index (χ0) is 35.0. The van der Waals surface area contributed by atoms with Crippen LogP contribution in [0.15, 0.2) is 48.6 Å². The van der Waals surface area contributed by atoms with Crippen molar-refractivity contribution in [3.63, 3.8) is 0 Å². The summed E-state index contributed by atoms with van der Waals surface area (Å²) in [4.78, 5) is 23.2. The van der Waals surface area contributed by atoms with Gasteiger partial charge >= 0.3 is 11.9 Å². The summed E-state index contributed by atoms with van der Waals surface area (Å²) in [5, 5.41) is 8.70. The lowest BCUT2D eigenvalue weighted by Crippen LogP contribution is -2.18. The quantitative estimate of drug-likeness (QED) is 0.0406. The molecule has 0 spiro atoms. The van der Waals surface area contributed by atoms with E-state index in [9.17, 15) is 9.59 Å². The molecule has 0 saturated carbocycles. The Balaban J connectivity index is 4.04. The van der Waals surface area contributed by atoms with Gasteiger partial charge in [0.15, 0.2) is 0 Å². The van der Waals surface area contributed by atoms with Crippen LogP contribution in [0.2, 0.25) is 0 Å². The van der Waals surface area contributed by atoms with Crippen molar-refractivity contribution in [2.75, 3.05) is 0 Å². The van der Waals surface area contributed by atoms with Crippen molar-refractivity contribution in [2.24, 2.45) is 0 Å². The Morgan fingerprint density at radius 3 is 1.29 bits per heavy atom. The number of esters is 1. The second-order valence-corrected chi connectivity index (χ2v) is 13.8. The first-order valence-corrected chi connectivity index (χ1v) is 20.6. The fourth-order valence-corrected chi connectivity index (χ4v) is 6.00. The van der Waals surface area contributed by atoms with Gasteiger partial charge in [0.05, 0.1) is 0 Å². The summed E-state index contributed by atoms with van der Waals surface area (Å²) in [5.74, 6) is -0.683. The predicted molar refractivity (Wildman–Crippen MR) is 209 cm³/mol. The van der Waals surface area contributed by atoms with Gasteiger partial charge in [-0.05, 0) is 77.0 Å². The van der Waals surface area contributed by atoms with E-state index < -0.39 is 5.97 Å². The highest BCUT2D eigenvalue weighted by Gasteiger charge is 2.14. The third kappa shape index (κ3) is 38.3. The standard InChI is InChI=1S/C44H78O4/c1-3-5-7-9-11-12-13-14-15-16-17-18-23-26-29-33-37-41-44(47)48-42(38-34-30-10-8-6-4-2)39-35-31-27-24-21-19-20-22-25-28-32-36-40-43(45)46/h11-12,14-15,17-18,26,29,42H,3-10,13,16,19-25,27-28,30-41H2,1-2H3,(H,45,46)/b12-11-,15-14-,18-17-,29-26-. The van der Waals surface area contributed by atoms with Crippen molar-refractivity contribution >= 4 is 11.9 Å². The predicted octanol–water partition coefficient (Wildman–Crippen LogP) is 14.3. The van der Waals surface area contributed by atoms with Gasteiger partial charge in [-0.15, -0.1) is 0 Å². The molecule has 0 heterocycles. The van der Waals surface area contributed by atoms with Crippen LogP contribution in [0.4, 0.5) is 0 Å². The first-order valence-electron chi connectivity index (χ1n) is 20.6. The summed E-state index contributed by atoms with van der Waals surface area (Å²) in [7, 11) is 0. The maximum absolute atomic E-state index is 12.7. The maximum Gasteiger partial charge on any atom is 0.306 e. The van der Waals surface area contributed by atoms with Crippen LogP contribution in [0.1, 0.15) is 213 Å². The molecule has 0 aromatic carbocycles. The number of carboxylic acids is 1. The van der Waals surface area contributed by atoms with E-state index in [-0.39, 0.29) is 12.1 Å². The molecular formula is C44H78O4. The summed E-state index contributed by atoms with van der Waals surface area (Å²) < 4.78 is 6.01. The van der Waals surface area contributed by atoms with Crippen molar-refractivity contribution < 1.29 is 19.4 Å². The molecule has 4 nitrogen and oxygen atoms in total. The molecule has 0 saturated heterocycles. The Morgan fingerprint density at radius 2 is 0.833 bits per heavy atom. The molecule has 278 valence electrons. The number of hydrogen-bond donors (Lipinski definition) is 1. The third-order valence-electron chi connectivity index (χ3n) is 9.05. The number of carboxylic acid groups (broad SMARTS) is 1. The van der Waals surface area contributed by atoms with Crippen molar-refractivity contribution in [2.45, 2.75) is 219 Å². The lowest BCUT2D eigenvalue weighted by atomic mass is 10.0. The maximum atomic E-state index is 12.7. The molecule has 0 radical (unpaired) electrons. The second-order valence-electron chi connectivity index (χ2n) is 13.8. The molecule has 0 aliphatic carbocycles. The van der Waals surface area contributed by atoms with Gasteiger partial charge in [-0.3, -0.25) is 9.59 Å². The van der Waals surface area contributed by atoms with Crippen molar-refractivity contribution in [1.82, 2.24) is 0 Å². The minimum Gasteiger partial charge on any atom is -0.481 e. The molecule has 1 atom stereocenters. The molecule has 0 aliphatic heterocycles. The number of allylic oxidation sites excluding steroid dienone is 8. The Morgan fingerprint density at radius 1 is 0.458 bits per heavy atom. The van der Waals surface area contributed by atoms with Crippen LogP contribution in [0.25, 0.3) is 0 Å². The Kier molecular flexibility index (Phi) is 37.6. The summed E-state index contributed by atoms with van der Waals surface area (Å²) in [5.41, 5.74) is 0. The van der Waals surface area contributed by atoms with Gasteiger partial charge in [-0.25, -0.2) is 0 Å². The monoisotopic (exact) mass is 671 g/mol. The first kappa shape index (κ1) is 45.9. The normalized spacial score (nSPS) is 12.7. The van der Waals surface area contributed by atoms with Gasteiger partial charge in [0.1, 0.15) is 6.10 Å². The van der Waals surface area contributed by atoms with Crippen LogP contribution in [0.5, 0.6) is 0 Å². The van der Waals surface area contributed by atoms with E-state index in [0.29, 0.717) is 12.8 Å². The largest absolute Gasteiger partial charge is 0.481 e. The van der Waals surface area contributed by atoms with Crippen molar-refractivity contribution in [3.05, 3.63) is 48.6 Å². The van der Waals surface area contributed by atoms with E-state index in [4.69, 9.17) is 9.84 Å². The van der Waals surface area contributed by atoms with E-state index in [0.717, 1.165) is 64.2 Å². The van der Waals surface area contributed by atoms with Gasteiger partial charge in [-0.2, -0.15) is 0 Å². The van der Waals surface area contributed by atoms with Gasteiger partial charge in [0.2, 0.25) is 0 Å². The number of unbranched alkanes of at least 4 members (excludes halogenated alkanes) is 20. The van der Waals surface area contributed by atoms with Crippen LogP contribution in [0, 0.1) is 0 Å². The fourth-order valence-electron chi connectivity index (χ4n) is 6.00. The number of rotatable bonds is 37. The summed E-state index contributed by atoms with van der Waals surface area (Å²) in [6, 6.07) is 0. The van der Waals surface area contributed by atoms with Crippen molar-refractivity contribution in [1.29, 1.82) is 0 Å². The van der Waals surface area contributed by atoms with Gasteiger partial charge < -0.3 is 9.84 Å². The molecule has 0 bridgehead atoms. The summed E-state index contributed by atoms with van der Waals surface area (Å²) in [6.45, 7) is 4.50. The van der Waals surface area contributed by atoms with E-state index in [1.54, 1.807) is 0 Å². The van der Waals surface area contributed by atoms with E-state index >= 15 is 0 Å². The number of aliphatic carboxylic acids is 1. The lowest BCUT2D eigenvalue weighted by Gasteiger charge is -2.18. The molecule has 1 N–H and O–H groups in total. The lowest BCUT2D eigenvalue weighted by molar-refractivity contribution is -0.150. The Bertz CT molecular complexity index is 809. The van der Waals surface area contributed by atoms with Gasteiger partial charge in [-0.1, -0.05) is 172 Å². The smallest absolute Gasteiger partial charge is 0.306 e. The molecule has 0 aliphatic rings. The molecule has 4 heteroatoms. The number of hydrogen-bond acceptors (Lipinski definition) is 3. The van der Waals surface area contributed by atoms with Crippen LogP contribution in [-0.2, 0) is 14.3 Å². The number of carbonyl (C=O) groups is 2. The molecule has 0 fully saturated rings. The minimum atomic E-state index is -0.672. The van der Waals surface area contributed by atoms with E-state index in [1.807, 2.05) is 0 Å². The zero-order valence-electron chi connectivity index (χ0n) is 31.8. The zero-order valence-corrected chi connectivity index (χ0v) is 31.8. The second kappa shape index (κ2) is 39.3. The van der Waals surface area contributed by atoms with Crippen LogP contribution in [0.3, 0.4) is 0 Å². The summed E-state index contributed by atoms with van der Waals surface area (Å²) >= 11 is 0. The highest BCUT2D eigenvalue weighted by atomic mass is 16.5. The highest BCUT2D eigenvalue weighted by molar-refractivity contribution is 5.69. The minimum absolute atomic E-state index is 0.0104. The number of ether oxygens (including phenoxy) is 1. The average Bonchev–Trinajstić information content (AvgIpc) is 3.07. The molecule has 0 aromatic rings. The van der Waals surface area contributed by atoms with E-state index in [1.165, 1.54) is 122 Å². The fraction of sp³-hybridized carbons (Fsp3) is 0.773. The van der Waals surface area contributed by atoms with Gasteiger partial charge in [0.25, 0.3) is 0 Å². The molecule has 0 amide bonds. The molecular weight excluding hydrogens is 592 g/mol.